The van der Waals surface area contributed by atoms with E-state index in [0.29, 0.717) is 6.04 Å². The van der Waals surface area contributed by atoms with Crippen LogP contribution in [0, 0.1) is 5.92 Å². The van der Waals surface area contributed by atoms with Crippen molar-refractivity contribution in [3.8, 4) is 17.0 Å². The number of nitrogens with zero attached hydrogens (tertiary/aromatic N) is 2. The zero-order valence-electron chi connectivity index (χ0n) is 16.6. The van der Waals surface area contributed by atoms with Crippen molar-refractivity contribution in [2.75, 3.05) is 20.2 Å². The summed E-state index contributed by atoms with van der Waals surface area (Å²) in [5, 5.41) is 10.7. The summed E-state index contributed by atoms with van der Waals surface area (Å²) < 4.78 is 5.55. The van der Waals surface area contributed by atoms with Crippen LogP contribution >= 0.6 is 0 Å². The van der Waals surface area contributed by atoms with Gasteiger partial charge in [-0.25, -0.2) is 0 Å². The van der Waals surface area contributed by atoms with Crippen molar-refractivity contribution in [3.05, 3.63) is 36.0 Å². The molecule has 2 N–H and O–H groups in total. The molecule has 0 spiro atoms. The minimum absolute atomic E-state index is 0.111. The number of rotatable bonds is 4. The van der Waals surface area contributed by atoms with Crippen LogP contribution < -0.4 is 10.1 Å². The molecule has 1 aromatic heterocycles. The summed E-state index contributed by atoms with van der Waals surface area (Å²) in [7, 11) is 1.70. The summed E-state index contributed by atoms with van der Waals surface area (Å²) in [6.07, 6.45) is 8.53. The molecule has 1 aromatic carbocycles. The molecular formula is C22H30N4O2. The Bertz CT molecular complexity index is 803. The number of para-hydroxylation sites is 1. The lowest BCUT2D eigenvalue weighted by atomic mass is 9.98. The van der Waals surface area contributed by atoms with Crippen LogP contribution in [0.1, 0.15) is 44.1 Å². The molecule has 1 aliphatic carbocycles. The van der Waals surface area contributed by atoms with Gasteiger partial charge < -0.3 is 10.1 Å². The fourth-order valence-electron chi connectivity index (χ4n) is 4.74. The highest BCUT2D eigenvalue weighted by Crippen LogP contribution is 2.35. The van der Waals surface area contributed by atoms with Crippen molar-refractivity contribution in [1.82, 2.24) is 20.4 Å². The summed E-state index contributed by atoms with van der Waals surface area (Å²) in [6, 6.07) is 8.35. The number of H-pyrrole nitrogens is 1. The van der Waals surface area contributed by atoms with Crippen LogP contribution in [0.25, 0.3) is 11.3 Å². The van der Waals surface area contributed by atoms with Gasteiger partial charge >= 0.3 is 0 Å². The number of methoxy groups -OCH3 is 1. The SMILES string of the molecule is COc1ccccc1-c1[nH]ncc1CN1CCCCCNC(=O)[C@@H]2CCC[C@@H]21. The molecule has 2 aromatic rings. The second-order valence-corrected chi connectivity index (χ2v) is 7.90. The van der Waals surface area contributed by atoms with E-state index in [4.69, 9.17) is 4.74 Å². The molecule has 0 bridgehead atoms. The van der Waals surface area contributed by atoms with E-state index in [1.54, 1.807) is 7.11 Å². The Morgan fingerprint density at radius 2 is 2.07 bits per heavy atom. The number of ether oxygens (including phenoxy) is 1. The van der Waals surface area contributed by atoms with Crippen molar-refractivity contribution in [3.63, 3.8) is 0 Å². The van der Waals surface area contributed by atoms with Gasteiger partial charge in [-0.1, -0.05) is 25.0 Å². The topological polar surface area (TPSA) is 70.2 Å². The van der Waals surface area contributed by atoms with Crippen LogP contribution in [0.4, 0.5) is 0 Å². The number of carbonyl (C=O) groups is 1. The molecule has 0 radical (unpaired) electrons. The van der Waals surface area contributed by atoms with Crippen LogP contribution in [0.5, 0.6) is 5.75 Å². The lowest BCUT2D eigenvalue weighted by Crippen LogP contribution is -2.45. The normalized spacial score (nSPS) is 23.8. The van der Waals surface area contributed by atoms with Crippen molar-refractivity contribution in [1.29, 1.82) is 0 Å². The monoisotopic (exact) mass is 382 g/mol. The number of aromatic amines is 1. The number of hydrogen-bond acceptors (Lipinski definition) is 4. The van der Waals surface area contributed by atoms with Crippen molar-refractivity contribution in [2.45, 2.75) is 51.1 Å². The zero-order chi connectivity index (χ0) is 19.3. The van der Waals surface area contributed by atoms with Gasteiger partial charge in [0.05, 0.1) is 24.9 Å². The molecule has 2 aliphatic rings. The number of hydrogen-bond donors (Lipinski definition) is 2. The number of fused-ring (bicyclic) bond motifs is 1. The number of carbonyl (C=O) groups excluding carboxylic acids is 1. The van der Waals surface area contributed by atoms with E-state index in [9.17, 15) is 4.79 Å². The summed E-state index contributed by atoms with van der Waals surface area (Å²) >= 11 is 0. The van der Waals surface area contributed by atoms with Gasteiger partial charge in [0.1, 0.15) is 5.75 Å². The average molecular weight is 383 g/mol. The molecule has 1 saturated carbocycles. The number of amides is 1. The highest BCUT2D eigenvalue weighted by Gasteiger charge is 2.37. The Morgan fingerprint density at radius 3 is 2.96 bits per heavy atom. The second kappa shape index (κ2) is 8.78. The van der Waals surface area contributed by atoms with Crippen LogP contribution in [0.2, 0.25) is 0 Å². The molecule has 2 fully saturated rings. The Kier molecular flexibility index (Phi) is 5.95. The maximum absolute atomic E-state index is 12.7. The molecule has 2 atom stereocenters. The molecular weight excluding hydrogens is 352 g/mol. The molecule has 150 valence electrons. The Morgan fingerprint density at radius 1 is 1.18 bits per heavy atom. The highest BCUT2D eigenvalue weighted by molar-refractivity contribution is 5.79. The Hall–Kier alpha value is -2.34. The largest absolute Gasteiger partial charge is 0.496 e. The van der Waals surface area contributed by atoms with Gasteiger partial charge in [-0.15, -0.1) is 0 Å². The van der Waals surface area contributed by atoms with Crippen molar-refractivity contribution in [2.24, 2.45) is 5.92 Å². The second-order valence-electron chi connectivity index (χ2n) is 7.90. The molecule has 4 rings (SSSR count). The molecule has 0 unspecified atom stereocenters. The standard InChI is InChI=1S/C22H30N4O2/c1-28-20-11-4-3-8-18(20)21-16(14-24-25-21)15-26-13-6-2-5-12-23-22(27)17-9-7-10-19(17)26/h3-4,8,11,14,17,19H,2,5-7,9-10,12-13,15H2,1H3,(H,23,27)(H,24,25)/t17-,19+/m1/s1. The van der Waals surface area contributed by atoms with Crippen molar-refractivity contribution < 1.29 is 9.53 Å². The summed E-state index contributed by atoms with van der Waals surface area (Å²) in [4.78, 5) is 15.2. The van der Waals surface area contributed by atoms with E-state index >= 15 is 0 Å². The minimum atomic E-state index is 0.111. The van der Waals surface area contributed by atoms with Crippen LogP contribution in [0.15, 0.2) is 30.5 Å². The molecule has 28 heavy (non-hydrogen) atoms. The maximum atomic E-state index is 12.7. The number of benzene rings is 1. The first-order chi connectivity index (χ1) is 13.8. The van der Waals surface area contributed by atoms with Gasteiger partial charge in [0.25, 0.3) is 0 Å². The molecule has 1 amide bonds. The first-order valence-corrected chi connectivity index (χ1v) is 10.5. The van der Waals surface area contributed by atoms with E-state index in [-0.39, 0.29) is 11.8 Å². The van der Waals surface area contributed by atoms with Crippen LogP contribution in [-0.4, -0.2) is 47.2 Å². The van der Waals surface area contributed by atoms with Gasteiger partial charge in [-0.3, -0.25) is 14.8 Å². The summed E-state index contributed by atoms with van der Waals surface area (Å²) in [5.74, 6) is 1.19. The van der Waals surface area contributed by atoms with E-state index < -0.39 is 0 Å². The minimum Gasteiger partial charge on any atom is -0.496 e. The fourth-order valence-corrected chi connectivity index (χ4v) is 4.74. The van der Waals surface area contributed by atoms with E-state index in [1.807, 2.05) is 24.4 Å². The Balaban J connectivity index is 1.60. The first kappa shape index (κ1) is 19.0. The predicted molar refractivity (Wildman–Crippen MR) is 109 cm³/mol. The quantitative estimate of drug-likeness (QED) is 0.851. The Labute approximate surface area is 166 Å². The third-order valence-corrected chi connectivity index (χ3v) is 6.17. The number of nitrogens with one attached hydrogen (secondary N) is 2. The number of aromatic nitrogens is 2. The van der Waals surface area contributed by atoms with E-state index in [1.165, 1.54) is 6.42 Å². The lowest BCUT2D eigenvalue weighted by molar-refractivity contribution is -0.126. The molecule has 6 nitrogen and oxygen atoms in total. The van der Waals surface area contributed by atoms with Gasteiger partial charge in [0, 0.05) is 30.3 Å². The van der Waals surface area contributed by atoms with E-state index in [0.717, 1.165) is 74.3 Å². The van der Waals surface area contributed by atoms with Crippen LogP contribution in [-0.2, 0) is 11.3 Å². The first-order valence-electron chi connectivity index (χ1n) is 10.5. The van der Waals surface area contributed by atoms with Crippen molar-refractivity contribution >= 4 is 5.91 Å². The van der Waals surface area contributed by atoms with Gasteiger partial charge in [0.2, 0.25) is 5.91 Å². The van der Waals surface area contributed by atoms with Gasteiger partial charge in [-0.05, 0) is 44.4 Å². The predicted octanol–water partition coefficient (Wildman–Crippen LogP) is 3.36. The van der Waals surface area contributed by atoms with Gasteiger partial charge in [-0.2, -0.15) is 5.10 Å². The molecule has 1 aliphatic heterocycles. The third-order valence-electron chi connectivity index (χ3n) is 6.17. The third kappa shape index (κ3) is 3.92. The average Bonchev–Trinajstić information content (AvgIpc) is 3.38. The zero-order valence-corrected chi connectivity index (χ0v) is 16.6. The highest BCUT2D eigenvalue weighted by atomic mass is 16.5. The van der Waals surface area contributed by atoms with Crippen LogP contribution in [0.3, 0.4) is 0 Å². The molecule has 1 saturated heterocycles. The maximum Gasteiger partial charge on any atom is 0.224 e. The van der Waals surface area contributed by atoms with Gasteiger partial charge in [0.15, 0.2) is 0 Å². The fraction of sp³-hybridized carbons (Fsp3) is 0.545. The smallest absolute Gasteiger partial charge is 0.224 e. The summed E-state index contributed by atoms with van der Waals surface area (Å²) in [6.45, 7) is 2.66. The molecule has 6 heteroatoms. The van der Waals surface area contributed by atoms with E-state index in [2.05, 4.69) is 26.5 Å². The lowest BCUT2D eigenvalue weighted by Gasteiger charge is -2.33. The molecule has 2 heterocycles. The summed E-state index contributed by atoms with van der Waals surface area (Å²) in [5.41, 5.74) is 3.19.